The first-order valence-corrected chi connectivity index (χ1v) is 20.5. The Morgan fingerprint density at radius 2 is 1.75 bits per heavy atom. The van der Waals surface area contributed by atoms with Crippen molar-refractivity contribution in [3.8, 4) is 0 Å². The first kappa shape index (κ1) is 42.5. The number of likely N-dealkylation sites (tertiary alicyclic amines) is 1. The van der Waals surface area contributed by atoms with E-state index in [0.29, 0.717) is 11.3 Å². The molecule has 55 heavy (non-hydrogen) atoms. The van der Waals surface area contributed by atoms with E-state index >= 15 is 0 Å². The van der Waals surface area contributed by atoms with Gasteiger partial charge >= 0.3 is 6.09 Å². The first-order chi connectivity index (χ1) is 25.8. The zero-order chi connectivity index (χ0) is 40.2. The molecule has 7 atom stereocenters. The molecule has 5 rings (SSSR count). The number of nitrogens with one attached hydrogen (secondary N) is 4. The molecule has 0 aromatic carbocycles. The number of hydrogen-bond donors (Lipinski definition) is 5. The fourth-order valence-corrected chi connectivity index (χ4v) is 9.00. The van der Waals surface area contributed by atoms with E-state index < -0.39 is 71.8 Å². The molecule has 4 fully saturated rings. The first-order valence-electron chi connectivity index (χ1n) is 19.6. The highest BCUT2D eigenvalue weighted by Gasteiger charge is 2.56. The predicted molar refractivity (Wildman–Crippen MR) is 204 cm³/mol. The summed E-state index contributed by atoms with van der Waals surface area (Å²) >= 11 is 1.31. The van der Waals surface area contributed by atoms with Crippen LogP contribution < -0.4 is 21.3 Å². The molecule has 306 valence electrons. The van der Waals surface area contributed by atoms with Crippen LogP contribution in [0.2, 0.25) is 0 Å². The highest BCUT2D eigenvalue weighted by molar-refractivity contribution is 7.10. The SMILES string of the molecule is CN(C)C(=O)[C@@H](NC(=O)CNC(=O)C(=O)[C@H](CC1CC1)NC(O)[C@@H]1[C@H]2CC(C)(C)O[C@H]2CN1C(=O)[C@@H](NC(=O)OC(C)(C)C)C1CCCCC1)c1cccs1. The second-order valence-electron chi connectivity index (χ2n) is 17.4. The zero-order valence-electron chi connectivity index (χ0n) is 33.2. The maximum atomic E-state index is 14.6. The molecule has 1 aromatic heterocycles. The topological polar surface area (TPSA) is 196 Å². The fourth-order valence-electron chi connectivity index (χ4n) is 8.24. The third-order valence-corrected chi connectivity index (χ3v) is 11.9. The van der Waals surface area contributed by atoms with Crippen molar-refractivity contribution >= 4 is 46.8 Å². The van der Waals surface area contributed by atoms with E-state index in [2.05, 4.69) is 21.3 Å². The number of amides is 5. The van der Waals surface area contributed by atoms with Crippen molar-refractivity contribution in [1.29, 1.82) is 0 Å². The van der Waals surface area contributed by atoms with Gasteiger partial charge in [0.25, 0.3) is 5.91 Å². The van der Waals surface area contributed by atoms with E-state index in [9.17, 15) is 33.9 Å². The third kappa shape index (κ3) is 11.3. The minimum atomic E-state index is -1.42. The maximum absolute atomic E-state index is 14.6. The molecular weight excluding hydrogens is 729 g/mol. The number of rotatable bonds is 15. The number of likely N-dealkylation sites (N-methyl/N-ethyl adjacent to an activating group) is 1. The Morgan fingerprint density at radius 3 is 2.35 bits per heavy atom. The quantitative estimate of drug-likeness (QED) is 0.130. The van der Waals surface area contributed by atoms with Gasteiger partial charge in [0.15, 0.2) is 0 Å². The van der Waals surface area contributed by atoms with E-state index in [0.717, 1.165) is 44.9 Å². The normalized spacial score (nSPS) is 24.5. The summed E-state index contributed by atoms with van der Waals surface area (Å²) in [4.78, 5) is 84.0. The summed E-state index contributed by atoms with van der Waals surface area (Å²) in [6, 6.07) is -0.257. The van der Waals surface area contributed by atoms with Crippen molar-refractivity contribution < 1.29 is 43.3 Å². The summed E-state index contributed by atoms with van der Waals surface area (Å²) < 4.78 is 11.9. The molecule has 5 N–H and O–H groups in total. The molecule has 16 heteroatoms. The highest BCUT2D eigenvalue weighted by atomic mass is 32.1. The van der Waals surface area contributed by atoms with Crippen LogP contribution in [0.4, 0.5) is 4.79 Å². The fraction of sp³-hybridized carbons (Fsp3) is 0.744. The molecule has 2 aliphatic heterocycles. The molecule has 4 aliphatic rings. The van der Waals surface area contributed by atoms with Crippen molar-refractivity contribution in [2.24, 2.45) is 17.8 Å². The number of ether oxygens (including phenoxy) is 2. The van der Waals surface area contributed by atoms with Crippen LogP contribution in [-0.2, 0) is 33.4 Å². The van der Waals surface area contributed by atoms with E-state index in [4.69, 9.17) is 9.47 Å². The Balaban J connectivity index is 1.30. The lowest BCUT2D eigenvalue weighted by molar-refractivity contribution is -0.143. The lowest BCUT2D eigenvalue weighted by Crippen LogP contribution is -2.61. The molecule has 0 spiro atoms. The zero-order valence-corrected chi connectivity index (χ0v) is 34.0. The van der Waals surface area contributed by atoms with Crippen LogP contribution in [0.15, 0.2) is 17.5 Å². The number of ketones is 1. The second-order valence-corrected chi connectivity index (χ2v) is 18.4. The Hall–Kier alpha value is -3.60. The number of aliphatic hydroxyl groups is 1. The van der Waals surface area contributed by atoms with Gasteiger partial charge in [-0.05, 0) is 83.6 Å². The van der Waals surface area contributed by atoms with Gasteiger partial charge in [0, 0.05) is 31.4 Å². The maximum Gasteiger partial charge on any atom is 0.408 e. The number of nitrogens with zero attached hydrogens (tertiary/aromatic N) is 2. The van der Waals surface area contributed by atoms with Gasteiger partial charge in [0.2, 0.25) is 23.5 Å². The number of carbonyl (C=O) groups is 6. The highest BCUT2D eigenvalue weighted by Crippen LogP contribution is 2.44. The van der Waals surface area contributed by atoms with Gasteiger partial charge in [0.1, 0.15) is 23.9 Å². The molecule has 0 radical (unpaired) electrons. The van der Waals surface area contributed by atoms with Crippen molar-refractivity contribution in [1.82, 2.24) is 31.1 Å². The molecule has 3 heterocycles. The van der Waals surface area contributed by atoms with E-state index in [1.165, 1.54) is 16.2 Å². The monoisotopic (exact) mass is 788 g/mol. The molecule has 2 aliphatic carbocycles. The summed E-state index contributed by atoms with van der Waals surface area (Å²) in [6.45, 7) is 8.84. The number of carbonyl (C=O) groups excluding carboxylic acids is 6. The minimum Gasteiger partial charge on any atom is -0.444 e. The lowest BCUT2D eigenvalue weighted by Gasteiger charge is -2.38. The Labute approximate surface area is 328 Å². The molecule has 2 saturated heterocycles. The van der Waals surface area contributed by atoms with Crippen LogP contribution in [0.25, 0.3) is 0 Å². The molecule has 5 amide bonds. The summed E-state index contributed by atoms with van der Waals surface area (Å²) in [5.74, 6) is -3.43. The molecule has 2 saturated carbocycles. The van der Waals surface area contributed by atoms with Crippen LogP contribution >= 0.6 is 11.3 Å². The molecule has 1 aromatic rings. The number of hydrogen-bond acceptors (Lipinski definition) is 11. The summed E-state index contributed by atoms with van der Waals surface area (Å²) in [5, 5.41) is 24.7. The predicted octanol–water partition coefficient (Wildman–Crippen LogP) is 2.62. The van der Waals surface area contributed by atoms with Gasteiger partial charge in [-0.15, -0.1) is 11.3 Å². The Kier molecular flexibility index (Phi) is 13.7. The minimum absolute atomic E-state index is 0.121. The van der Waals surface area contributed by atoms with Gasteiger partial charge in [-0.1, -0.05) is 38.2 Å². The number of alkyl carbamates (subject to hydrolysis) is 1. The summed E-state index contributed by atoms with van der Waals surface area (Å²) in [7, 11) is 3.16. The van der Waals surface area contributed by atoms with Gasteiger partial charge < -0.3 is 40.3 Å². The van der Waals surface area contributed by atoms with Crippen LogP contribution in [0.5, 0.6) is 0 Å². The van der Waals surface area contributed by atoms with Crippen LogP contribution in [0.3, 0.4) is 0 Å². The number of fused-ring (bicyclic) bond motifs is 1. The number of thiophene rings is 1. The largest absolute Gasteiger partial charge is 0.444 e. The molecule has 0 bridgehead atoms. The average Bonchev–Trinajstić information content (AvgIpc) is 3.48. The van der Waals surface area contributed by atoms with Crippen molar-refractivity contribution in [2.75, 3.05) is 27.2 Å². The summed E-state index contributed by atoms with van der Waals surface area (Å²) in [5.41, 5.74) is -1.28. The van der Waals surface area contributed by atoms with E-state index in [1.54, 1.807) is 57.3 Å². The van der Waals surface area contributed by atoms with E-state index in [1.807, 2.05) is 13.8 Å². The number of aliphatic hydroxyl groups excluding tert-OH is 1. The standard InChI is InChI=1S/C39H60N6O9S/c1-38(2,3)54-37(52)43-29(23-12-9-8-10-13-23)36(51)45-21-26-24(19-39(4,5)53-26)31(45)33(48)41-25(18-22-15-16-22)32(47)34(49)40-20-28(46)42-30(35(50)44(6)7)27-14-11-17-55-27/h11,14,17,22-26,29-31,33,41,48H,8-10,12-13,15-16,18-21H2,1-7H3,(H,40,49)(H,42,46)(H,43,52)/t24-,25-,26-,29-,30-,31-,33?/m0/s1. The second kappa shape index (κ2) is 17.7. The molecule has 15 nitrogen and oxygen atoms in total. The van der Waals surface area contributed by atoms with Crippen molar-refractivity contribution in [2.45, 2.75) is 140 Å². The van der Waals surface area contributed by atoms with Crippen molar-refractivity contribution in [3.05, 3.63) is 22.4 Å². The number of Topliss-reactive ketones (excluding diaryl/α,β-unsaturated/α-hetero) is 1. The molecule has 1 unspecified atom stereocenters. The van der Waals surface area contributed by atoms with Gasteiger partial charge in [-0.2, -0.15) is 0 Å². The smallest absolute Gasteiger partial charge is 0.408 e. The van der Waals surface area contributed by atoms with Crippen LogP contribution in [0, 0.1) is 17.8 Å². The Bertz CT molecular complexity index is 1550. The van der Waals surface area contributed by atoms with E-state index in [-0.39, 0.29) is 48.6 Å². The summed E-state index contributed by atoms with van der Waals surface area (Å²) in [6.07, 6.45) is 4.50. The lowest BCUT2D eigenvalue weighted by atomic mass is 9.83. The van der Waals surface area contributed by atoms with Crippen LogP contribution in [-0.4, -0.2) is 119 Å². The van der Waals surface area contributed by atoms with Crippen molar-refractivity contribution in [3.63, 3.8) is 0 Å². The van der Waals surface area contributed by atoms with Gasteiger partial charge in [-0.25, -0.2) is 4.79 Å². The van der Waals surface area contributed by atoms with Gasteiger partial charge in [0.05, 0.1) is 30.3 Å². The molecular formula is C39H60N6O9S. The average molecular weight is 789 g/mol. The van der Waals surface area contributed by atoms with Gasteiger partial charge in [-0.3, -0.25) is 29.3 Å². The Morgan fingerprint density at radius 1 is 1.05 bits per heavy atom. The van der Waals surface area contributed by atoms with Crippen LogP contribution in [0.1, 0.15) is 103 Å². The third-order valence-electron chi connectivity index (χ3n) is 10.9.